The van der Waals surface area contributed by atoms with Crippen molar-refractivity contribution >= 4 is 11.6 Å². The van der Waals surface area contributed by atoms with Crippen molar-refractivity contribution in [3.63, 3.8) is 0 Å². The first-order chi connectivity index (χ1) is 15.6. The molecule has 166 valence electrons. The summed E-state index contributed by atoms with van der Waals surface area (Å²) in [7, 11) is 0. The van der Waals surface area contributed by atoms with Gasteiger partial charge in [-0.25, -0.2) is 0 Å². The number of nitrogens with zero attached hydrogens (tertiary/aromatic N) is 2. The molecular formula is C27H31N3O2. The monoisotopic (exact) mass is 429 g/mol. The summed E-state index contributed by atoms with van der Waals surface area (Å²) < 4.78 is 1.64. The third kappa shape index (κ3) is 4.83. The number of hydrogen-bond donors (Lipinski definition) is 1. The van der Waals surface area contributed by atoms with Gasteiger partial charge < -0.3 is 9.88 Å². The highest BCUT2D eigenvalue weighted by molar-refractivity contribution is 6.05. The summed E-state index contributed by atoms with van der Waals surface area (Å²) >= 11 is 0. The number of pyridine rings is 1. The topological polar surface area (TPSA) is 54.3 Å². The molecule has 1 aliphatic rings. The molecule has 2 heterocycles. The van der Waals surface area contributed by atoms with Gasteiger partial charge in [0.05, 0.1) is 0 Å². The van der Waals surface area contributed by atoms with Gasteiger partial charge in [0.1, 0.15) is 5.56 Å². The quantitative estimate of drug-likeness (QED) is 0.594. The van der Waals surface area contributed by atoms with Gasteiger partial charge in [0, 0.05) is 25.0 Å². The van der Waals surface area contributed by atoms with Crippen molar-refractivity contribution in [1.29, 1.82) is 0 Å². The van der Waals surface area contributed by atoms with Crippen molar-refractivity contribution in [3.8, 4) is 11.1 Å². The van der Waals surface area contributed by atoms with E-state index in [0.717, 1.165) is 47.6 Å². The molecule has 1 N–H and O–H groups in total. The van der Waals surface area contributed by atoms with Crippen LogP contribution in [0.4, 0.5) is 5.69 Å². The Balaban J connectivity index is 1.62. The molecule has 1 aromatic heterocycles. The largest absolute Gasteiger partial charge is 0.322 e. The third-order valence-electron chi connectivity index (χ3n) is 6.25. The maximum absolute atomic E-state index is 13.2. The fourth-order valence-electron chi connectivity index (χ4n) is 4.45. The SMILES string of the molecule is CCn1cc(CN2CCCCC2)cc(C(=O)Nc2cccc(-c3ccccc3)c2C)c1=O. The Bertz CT molecular complexity index is 1150. The number of amides is 1. The number of carbonyl (C=O) groups excluding carboxylic acids is 1. The normalized spacial score (nSPS) is 14.3. The summed E-state index contributed by atoms with van der Waals surface area (Å²) in [4.78, 5) is 28.5. The Morgan fingerprint density at radius 2 is 1.75 bits per heavy atom. The highest BCUT2D eigenvalue weighted by Gasteiger charge is 2.18. The number of rotatable bonds is 6. The molecule has 1 aliphatic heterocycles. The summed E-state index contributed by atoms with van der Waals surface area (Å²) in [6.07, 6.45) is 5.59. The highest BCUT2D eigenvalue weighted by atomic mass is 16.2. The van der Waals surface area contributed by atoms with E-state index in [9.17, 15) is 9.59 Å². The number of nitrogens with one attached hydrogen (secondary N) is 1. The standard InChI is InChI=1S/C27H31N3O2/c1-3-30-19-21(18-29-15-8-5-9-16-29)17-24(27(30)32)26(31)28-25-14-10-13-23(20(25)2)22-11-6-4-7-12-22/h4,6-7,10-14,17,19H,3,5,8-9,15-16,18H2,1-2H3,(H,28,31). The van der Waals surface area contributed by atoms with Gasteiger partial charge in [-0.2, -0.15) is 0 Å². The number of aromatic nitrogens is 1. The van der Waals surface area contributed by atoms with E-state index in [1.807, 2.05) is 56.4 Å². The second-order valence-electron chi connectivity index (χ2n) is 8.49. The molecule has 5 heteroatoms. The van der Waals surface area contributed by atoms with E-state index >= 15 is 0 Å². The zero-order valence-electron chi connectivity index (χ0n) is 18.9. The number of aryl methyl sites for hydroxylation is 1. The Morgan fingerprint density at radius 3 is 2.47 bits per heavy atom. The summed E-state index contributed by atoms with van der Waals surface area (Å²) in [5.41, 5.74) is 4.82. The molecule has 0 radical (unpaired) electrons. The molecule has 1 saturated heterocycles. The molecular weight excluding hydrogens is 398 g/mol. The van der Waals surface area contributed by atoms with Gasteiger partial charge in [0.15, 0.2) is 0 Å². The van der Waals surface area contributed by atoms with Gasteiger partial charge in [-0.3, -0.25) is 14.5 Å². The first kappa shape index (κ1) is 22.0. The van der Waals surface area contributed by atoms with Crippen molar-refractivity contribution in [3.05, 3.63) is 87.8 Å². The third-order valence-corrected chi connectivity index (χ3v) is 6.25. The lowest BCUT2D eigenvalue weighted by Crippen LogP contribution is -2.32. The van der Waals surface area contributed by atoms with E-state index in [4.69, 9.17) is 0 Å². The molecule has 0 aliphatic carbocycles. The van der Waals surface area contributed by atoms with Crippen molar-refractivity contribution in [2.24, 2.45) is 0 Å². The fourth-order valence-corrected chi connectivity index (χ4v) is 4.45. The molecule has 0 saturated carbocycles. The lowest BCUT2D eigenvalue weighted by molar-refractivity contribution is 0.102. The smallest absolute Gasteiger partial charge is 0.263 e. The molecule has 5 nitrogen and oxygen atoms in total. The van der Waals surface area contributed by atoms with Crippen LogP contribution in [-0.2, 0) is 13.1 Å². The number of benzene rings is 2. The van der Waals surface area contributed by atoms with Crippen LogP contribution in [0, 0.1) is 6.92 Å². The van der Waals surface area contributed by atoms with Crippen LogP contribution >= 0.6 is 0 Å². The van der Waals surface area contributed by atoms with Crippen LogP contribution < -0.4 is 10.9 Å². The van der Waals surface area contributed by atoms with Gasteiger partial charge in [0.25, 0.3) is 11.5 Å². The van der Waals surface area contributed by atoms with Crippen molar-refractivity contribution in [2.75, 3.05) is 18.4 Å². The number of likely N-dealkylation sites (tertiary alicyclic amines) is 1. The van der Waals surface area contributed by atoms with Gasteiger partial charge >= 0.3 is 0 Å². The number of hydrogen-bond acceptors (Lipinski definition) is 3. The highest BCUT2D eigenvalue weighted by Crippen LogP contribution is 2.28. The second kappa shape index (κ2) is 9.96. The van der Waals surface area contributed by atoms with E-state index < -0.39 is 0 Å². The minimum absolute atomic E-state index is 0.200. The van der Waals surface area contributed by atoms with Crippen LogP contribution in [0.3, 0.4) is 0 Å². The Hall–Kier alpha value is -3.18. The van der Waals surface area contributed by atoms with Gasteiger partial charge in [0.2, 0.25) is 0 Å². The molecule has 3 aromatic rings. The average molecular weight is 430 g/mol. The summed E-state index contributed by atoms with van der Waals surface area (Å²) in [5.74, 6) is -0.356. The minimum atomic E-state index is -0.356. The number of anilines is 1. The Kier molecular flexibility index (Phi) is 6.86. The molecule has 0 atom stereocenters. The Labute approximate surface area is 189 Å². The summed E-state index contributed by atoms with van der Waals surface area (Å²) in [6, 6.07) is 17.7. The predicted octanol–water partition coefficient (Wildman–Crippen LogP) is 5.08. The van der Waals surface area contributed by atoms with Crippen LogP contribution in [0.1, 0.15) is 47.7 Å². The minimum Gasteiger partial charge on any atom is -0.322 e. The number of carbonyl (C=O) groups is 1. The van der Waals surface area contributed by atoms with E-state index in [2.05, 4.69) is 22.3 Å². The summed E-state index contributed by atoms with van der Waals surface area (Å²) in [5, 5.41) is 2.99. The molecule has 2 aromatic carbocycles. The lowest BCUT2D eigenvalue weighted by Gasteiger charge is -2.26. The first-order valence-corrected chi connectivity index (χ1v) is 11.5. The van der Waals surface area contributed by atoms with Crippen LogP contribution in [0.2, 0.25) is 0 Å². The predicted molar refractivity (Wildman–Crippen MR) is 130 cm³/mol. The molecule has 4 rings (SSSR count). The van der Waals surface area contributed by atoms with Gasteiger partial charge in [-0.15, -0.1) is 0 Å². The lowest BCUT2D eigenvalue weighted by atomic mass is 9.99. The molecule has 1 amide bonds. The van der Waals surface area contributed by atoms with Gasteiger partial charge in [-0.1, -0.05) is 48.9 Å². The zero-order chi connectivity index (χ0) is 22.5. The Morgan fingerprint density at radius 1 is 1.00 bits per heavy atom. The molecule has 0 bridgehead atoms. The van der Waals surface area contributed by atoms with Crippen LogP contribution in [0.5, 0.6) is 0 Å². The summed E-state index contributed by atoms with van der Waals surface area (Å²) in [6.45, 7) is 7.37. The molecule has 1 fully saturated rings. The van der Waals surface area contributed by atoms with Crippen LogP contribution in [0.15, 0.2) is 65.6 Å². The van der Waals surface area contributed by atoms with E-state index in [1.165, 1.54) is 19.3 Å². The van der Waals surface area contributed by atoms with Crippen LogP contribution in [-0.4, -0.2) is 28.5 Å². The maximum Gasteiger partial charge on any atom is 0.263 e. The van der Waals surface area contributed by atoms with Crippen molar-refractivity contribution in [1.82, 2.24) is 9.47 Å². The van der Waals surface area contributed by atoms with E-state index in [0.29, 0.717) is 6.54 Å². The second-order valence-corrected chi connectivity index (χ2v) is 8.49. The van der Waals surface area contributed by atoms with Crippen molar-refractivity contribution < 1.29 is 4.79 Å². The zero-order valence-corrected chi connectivity index (χ0v) is 18.9. The first-order valence-electron chi connectivity index (χ1n) is 11.5. The molecule has 0 spiro atoms. The van der Waals surface area contributed by atoms with Gasteiger partial charge in [-0.05, 0) is 74.2 Å². The molecule has 0 unspecified atom stereocenters. The van der Waals surface area contributed by atoms with E-state index in [1.54, 1.807) is 10.6 Å². The average Bonchev–Trinajstić information content (AvgIpc) is 2.82. The van der Waals surface area contributed by atoms with E-state index in [-0.39, 0.29) is 17.0 Å². The van der Waals surface area contributed by atoms with Crippen LogP contribution in [0.25, 0.3) is 11.1 Å². The number of piperidine rings is 1. The maximum atomic E-state index is 13.2. The molecule has 32 heavy (non-hydrogen) atoms. The fraction of sp³-hybridized carbons (Fsp3) is 0.333. The van der Waals surface area contributed by atoms with Crippen molar-refractivity contribution in [2.45, 2.75) is 46.2 Å².